The fourth-order valence-electron chi connectivity index (χ4n) is 1.51. The summed E-state index contributed by atoms with van der Waals surface area (Å²) in [4.78, 5) is 10.6. The maximum atomic E-state index is 13.3. The van der Waals surface area contributed by atoms with E-state index in [1.807, 2.05) is 0 Å². The number of hydrogen-bond donors (Lipinski definition) is 1. The van der Waals surface area contributed by atoms with E-state index in [-0.39, 0.29) is 11.7 Å². The first-order valence-corrected chi connectivity index (χ1v) is 4.62. The van der Waals surface area contributed by atoms with Gasteiger partial charge in [-0.2, -0.15) is 0 Å². The Hall–Kier alpha value is -1.55. The molecular formula is C10H7ClFNO2. The highest BCUT2D eigenvalue weighted by molar-refractivity contribution is 6.31. The number of aliphatic carboxylic acids is 1. The summed E-state index contributed by atoms with van der Waals surface area (Å²) in [5, 5.41) is 9.22. The topological polar surface area (TPSA) is 42.2 Å². The molecule has 0 amide bonds. The minimum absolute atomic E-state index is 0.220. The van der Waals surface area contributed by atoms with E-state index in [2.05, 4.69) is 0 Å². The van der Waals surface area contributed by atoms with Gasteiger partial charge in [0, 0.05) is 5.39 Å². The van der Waals surface area contributed by atoms with E-state index in [0.29, 0.717) is 10.9 Å². The Morgan fingerprint density at radius 3 is 2.93 bits per heavy atom. The minimum atomic E-state index is -1.02. The van der Waals surface area contributed by atoms with Crippen LogP contribution in [0, 0.1) is 5.82 Å². The second kappa shape index (κ2) is 3.55. The third kappa shape index (κ3) is 1.68. The Morgan fingerprint density at radius 2 is 2.27 bits per heavy atom. The Morgan fingerprint density at radius 1 is 1.53 bits per heavy atom. The summed E-state index contributed by atoms with van der Waals surface area (Å²) in [5.74, 6) is -1.42. The van der Waals surface area contributed by atoms with Crippen molar-refractivity contribution in [2.75, 3.05) is 0 Å². The summed E-state index contributed by atoms with van der Waals surface area (Å²) in [6.07, 6.45) is 0. The molecule has 2 rings (SSSR count). The van der Waals surface area contributed by atoms with E-state index in [0.717, 1.165) is 0 Å². The van der Waals surface area contributed by atoms with Crippen molar-refractivity contribution in [1.29, 1.82) is 0 Å². The molecule has 0 bridgehead atoms. The SMILES string of the molecule is O=C(O)Cn1c(Cl)cc2c(F)cccc21. The van der Waals surface area contributed by atoms with Gasteiger partial charge in [-0.15, -0.1) is 0 Å². The maximum absolute atomic E-state index is 13.3. The van der Waals surface area contributed by atoms with Crippen LogP contribution in [0.25, 0.3) is 10.9 Å². The van der Waals surface area contributed by atoms with Crippen LogP contribution in [0.15, 0.2) is 24.3 Å². The minimum Gasteiger partial charge on any atom is -0.480 e. The monoisotopic (exact) mass is 227 g/mol. The van der Waals surface area contributed by atoms with Gasteiger partial charge in [0.05, 0.1) is 5.52 Å². The highest BCUT2D eigenvalue weighted by Gasteiger charge is 2.11. The van der Waals surface area contributed by atoms with E-state index in [1.165, 1.54) is 22.8 Å². The summed E-state index contributed by atoms with van der Waals surface area (Å²) < 4.78 is 14.6. The first-order chi connectivity index (χ1) is 7.09. The van der Waals surface area contributed by atoms with Crippen LogP contribution in [-0.4, -0.2) is 15.6 Å². The van der Waals surface area contributed by atoms with Crippen molar-refractivity contribution < 1.29 is 14.3 Å². The second-order valence-corrected chi connectivity index (χ2v) is 3.51. The van der Waals surface area contributed by atoms with Gasteiger partial charge in [0.15, 0.2) is 0 Å². The van der Waals surface area contributed by atoms with Gasteiger partial charge in [-0.1, -0.05) is 17.7 Å². The molecule has 0 aliphatic rings. The van der Waals surface area contributed by atoms with E-state index < -0.39 is 11.8 Å². The van der Waals surface area contributed by atoms with E-state index >= 15 is 0 Å². The zero-order chi connectivity index (χ0) is 11.0. The van der Waals surface area contributed by atoms with Crippen molar-refractivity contribution in [2.24, 2.45) is 0 Å². The molecule has 0 unspecified atom stereocenters. The molecule has 0 saturated carbocycles. The number of nitrogens with zero attached hydrogens (tertiary/aromatic N) is 1. The molecule has 2 aromatic rings. The molecule has 0 spiro atoms. The van der Waals surface area contributed by atoms with Crippen LogP contribution in [0.5, 0.6) is 0 Å². The summed E-state index contributed by atoms with van der Waals surface area (Å²) in [6, 6.07) is 5.89. The second-order valence-electron chi connectivity index (χ2n) is 3.12. The molecule has 0 aliphatic heterocycles. The molecule has 1 aromatic heterocycles. The molecule has 78 valence electrons. The van der Waals surface area contributed by atoms with Gasteiger partial charge in [0.2, 0.25) is 0 Å². The van der Waals surface area contributed by atoms with Gasteiger partial charge >= 0.3 is 5.97 Å². The number of rotatable bonds is 2. The lowest BCUT2D eigenvalue weighted by Crippen LogP contribution is -2.08. The molecular weight excluding hydrogens is 221 g/mol. The normalized spacial score (nSPS) is 10.8. The average Bonchev–Trinajstić information content (AvgIpc) is 2.45. The first-order valence-electron chi connectivity index (χ1n) is 4.24. The van der Waals surface area contributed by atoms with Gasteiger partial charge in [0.1, 0.15) is 17.5 Å². The summed E-state index contributed by atoms with van der Waals surface area (Å²) in [5.41, 5.74) is 0.488. The van der Waals surface area contributed by atoms with Crippen LogP contribution in [0.1, 0.15) is 0 Å². The molecule has 3 nitrogen and oxygen atoms in total. The van der Waals surface area contributed by atoms with Gasteiger partial charge in [-0.05, 0) is 18.2 Å². The summed E-state index contributed by atoms with van der Waals surface area (Å²) >= 11 is 5.82. The highest BCUT2D eigenvalue weighted by atomic mass is 35.5. The standard InChI is InChI=1S/C10H7ClFNO2/c11-9-4-6-7(12)2-1-3-8(6)13(9)5-10(14)15/h1-4H,5H2,(H,14,15). The molecule has 0 atom stereocenters. The van der Waals surface area contributed by atoms with Crippen LogP contribution in [0.3, 0.4) is 0 Å². The summed E-state index contributed by atoms with van der Waals surface area (Å²) in [6.45, 7) is -0.272. The average molecular weight is 228 g/mol. The number of hydrogen-bond acceptors (Lipinski definition) is 1. The van der Waals surface area contributed by atoms with Crippen molar-refractivity contribution in [3.63, 3.8) is 0 Å². The van der Waals surface area contributed by atoms with Crippen molar-refractivity contribution in [3.05, 3.63) is 35.2 Å². The number of fused-ring (bicyclic) bond motifs is 1. The zero-order valence-corrected chi connectivity index (χ0v) is 8.33. The van der Waals surface area contributed by atoms with E-state index in [9.17, 15) is 9.18 Å². The van der Waals surface area contributed by atoms with Crippen molar-refractivity contribution >= 4 is 28.5 Å². The Balaban J connectivity index is 2.68. The summed E-state index contributed by atoms with van der Waals surface area (Å²) in [7, 11) is 0. The van der Waals surface area contributed by atoms with Gasteiger partial charge in [-0.3, -0.25) is 4.79 Å². The maximum Gasteiger partial charge on any atom is 0.323 e. The molecule has 1 aromatic carbocycles. The zero-order valence-electron chi connectivity index (χ0n) is 7.58. The van der Waals surface area contributed by atoms with E-state index in [1.54, 1.807) is 6.07 Å². The van der Waals surface area contributed by atoms with Crippen LogP contribution >= 0.6 is 11.6 Å². The highest BCUT2D eigenvalue weighted by Crippen LogP contribution is 2.25. The van der Waals surface area contributed by atoms with Crippen LogP contribution in [-0.2, 0) is 11.3 Å². The van der Waals surface area contributed by atoms with Crippen molar-refractivity contribution in [1.82, 2.24) is 4.57 Å². The Bertz CT molecular complexity index is 535. The predicted molar refractivity (Wildman–Crippen MR) is 54.5 cm³/mol. The number of benzene rings is 1. The van der Waals surface area contributed by atoms with Crippen molar-refractivity contribution in [3.8, 4) is 0 Å². The largest absolute Gasteiger partial charge is 0.480 e. The molecule has 0 radical (unpaired) electrons. The predicted octanol–water partition coefficient (Wildman–Crippen LogP) is 2.52. The lowest BCUT2D eigenvalue weighted by atomic mass is 10.2. The van der Waals surface area contributed by atoms with Gasteiger partial charge in [-0.25, -0.2) is 4.39 Å². The third-order valence-electron chi connectivity index (χ3n) is 2.14. The Kier molecular flexibility index (Phi) is 2.36. The number of carboxylic acid groups (broad SMARTS) is 1. The van der Waals surface area contributed by atoms with Gasteiger partial charge in [0.25, 0.3) is 0 Å². The van der Waals surface area contributed by atoms with Crippen LogP contribution in [0.4, 0.5) is 4.39 Å². The quantitative estimate of drug-likeness (QED) is 0.857. The lowest BCUT2D eigenvalue weighted by Gasteiger charge is -2.02. The molecule has 0 fully saturated rings. The number of aromatic nitrogens is 1. The van der Waals surface area contributed by atoms with E-state index in [4.69, 9.17) is 16.7 Å². The molecule has 1 heterocycles. The molecule has 0 aliphatic carbocycles. The molecule has 1 N–H and O–H groups in total. The number of carbonyl (C=O) groups is 1. The third-order valence-corrected chi connectivity index (χ3v) is 2.45. The van der Waals surface area contributed by atoms with Gasteiger partial charge < -0.3 is 9.67 Å². The van der Waals surface area contributed by atoms with Crippen LogP contribution in [0.2, 0.25) is 5.15 Å². The fourth-order valence-corrected chi connectivity index (χ4v) is 1.77. The smallest absolute Gasteiger partial charge is 0.323 e. The van der Waals surface area contributed by atoms with Crippen LogP contribution < -0.4 is 0 Å². The number of halogens is 2. The molecule has 5 heteroatoms. The lowest BCUT2D eigenvalue weighted by molar-refractivity contribution is -0.137. The Labute approximate surface area is 89.7 Å². The molecule has 15 heavy (non-hydrogen) atoms. The number of carboxylic acids is 1. The van der Waals surface area contributed by atoms with Crippen molar-refractivity contribution in [2.45, 2.75) is 6.54 Å². The fraction of sp³-hybridized carbons (Fsp3) is 0.100. The first kappa shape index (κ1) is 9.98. The molecule has 0 saturated heterocycles.